The van der Waals surface area contributed by atoms with Crippen LogP contribution in [0.3, 0.4) is 0 Å². The molecule has 0 radical (unpaired) electrons. The van der Waals surface area contributed by atoms with Gasteiger partial charge in [0.2, 0.25) is 11.8 Å². The summed E-state index contributed by atoms with van der Waals surface area (Å²) >= 11 is 12.6. The Morgan fingerprint density at radius 3 is 2.46 bits per heavy atom. The van der Waals surface area contributed by atoms with Crippen LogP contribution in [0, 0.1) is 11.8 Å². The molecule has 1 aromatic rings. The molecular weight excluding hydrogens is 379 g/mol. The first-order valence-corrected chi connectivity index (χ1v) is 8.99. The molecule has 0 aromatic heterocycles. The summed E-state index contributed by atoms with van der Waals surface area (Å²) in [5.74, 6) is 0.142. The van der Waals surface area contributed by atoms with Gasteiger partial charge < -0.3 is 9.47 Å². The second kappa shape index (κ2) is 8.64. The highest BCUT2D eigenvalue weighted by atomic mass is 35.5. The number of esters is 1. The van der Waals surface area contributed by atoms with Crippen molar-refractivity contribution in [1.29, 1.82) is 0 Å². The van der Waals surface area contributed by atoms with Gasteiger partial charge in [0.15, 0.2) is 5.75 Å². The highest BCUT2D eigenvalue weighted by molar-refractivity contribution is 6.37. The largest absolute Gasteiger partial charge is 0.466 e. The standard InChI is InChI=1S/C18H22Cl2N2O4/c1-10(2)13-9-16(22(4)21-18(13)24)26-17-14(19)7-12(8-15(17)20)5-6-25-11(3)23/h7-10,13H,5-6H2,1-4H3,(H,21,24). The van der Waals surface area contributed by atoms with Gasteiger partial charge in [-0.1, -0.05) is 37.0 Å². The summed E-state index contributed by atoms with van der Waals surface area (Å²) in [5, 5.41) is 2.16. The van der Waals surface area contributed by atoms with Crippen molar-refractivity contribution in [2.24, 2.45) is 11.8 Å². The molecule has 1 aliphatic rings. The SMILES string of the molecule is CC(=O)OCCc1cc(Cl)c(OC2=CC(C(C)C)C(=O)NN2C)c(Cl)c1. The van der Waals surface area contributed by atoms with Gasteiger partial charge in [0.1, 0.15) is 0 Å². The van der Waals surface area contributed by atoms with Crippen LogP contribution in [-0.2, 0) is 20.7 Å². The maximum atomic E-state index is 12.0. The lowest BCUT2D eigenvalue weighted by atomic mass is 9.94. The Kier molecular flexibility index (Phi) is 6.78. The predicted octanol–water partition coefficient (Wildman–Crippen LogP) is 3.57. The number of carbonyl (C=O) groups excluding carboxylic acids is 2. The van der Waals surface area contributed by atoms with Gasteiger partial charge in [-0.3, -0.25) is 20.0 Å². The van der Waals surface area contributed by atoms with E-state index in [4.69, 9.17) is 32.7 Å². The molecule has 1 aromatic carbocycles. The molecule has 1 amide bonds. The molecule has 1 atom stereocenters. The Bertz CT molecular complexity index is 711. The van der Waals surface area contributed by atoms with E-state index in [0.717, 1.165) is 5.56 Å². The zero-order valence-corrected chi connectivity index (χ0v) is 16.6. The van der Waals surface area contributed by atoms with Gasteiger partial charge in [0.25, 0.3) is 0 Å². The Morgan fingerprint density at radius 2 is 1.92 bits per heavy atom. The molecule has 0 aliphatic carbocycles. The summed E-state index contributed by atoms with van der Waals surface area (Å²) in [4.78, 5) is 22.9. The van der Waals surface area contributed by atoms with E-state index in [1.807, 2.05) is 13.8 Å². The summed E-state index contributed by atoms with van der Waals surface area (Å²) in [6.07, 6.45) is 2.25. The first-order chi connectivity index (χ1) is 12.2. The fourth-order valence-electron chi connectivity index (χ4n) is 2.51. The highest BCUT2D eigenvalue weighted by Gasteiger charge is 2.29. The lowest BCUT2D eigenvalue weighted by molar-refractivity contribution is -0.140. The van der Waals surface area contributed by atoms with Crippen LogP contribution in [0.4, 0.5) is 0 Å². The van der Waals surface area contributed by atoms with Crippen molar-refractivity contribution >= 4 is 35.1 Å². The highest BCUT2D eigenvalue weighted by Crippen LogP contribution is 2.36. The Labute approximate surface area is 163 Å². The Hall–Kier alpha value is -1.92. The predicted molar refractivity (Wildman–Crippen MR) is 99.7 cm³/mol. The number of nitrogens with zero attached hydrogens (tertiary/aromatic N) is 1. The number of ether oxygens (including phenoxy) is 2. The molecule has 1 aliphatic heterocycles. The lowest BCUT2D eigenvalue weighted by Crippen LogP contribution is -2.48. The van der Waals surface area contributed by atoms with Gasteiger partial charge in [-0.2, -0.15) is 0 Å². The molecule has 142 valence electrons. The van der Waals surface area contributed by atoms with Crippen molar-refractivity contribution in [3.05, 3.63) is 39.7 Å². The summed E-state index contributed by atoms with van der Waals surface area (Å²) < 4.78 is 10.8. The van der Waals surface area contributed by atoms with E-state index in [1.165, 1.54) is 11.9 Å². The third kappa shape index (κ3) is 5.05. The van der Waals surface area contributed by atoms with E-state index in [9.17, 15) is 9.59 Å². The average molecular weight is 401 g/mol. The van der Waals surface area contributed by atoms with Gasteiger partial charge in [-0.25, -0.2) is 0 Å². The lowest BCUT2D eigenvalue weighted by Gasteiger charge is -2.31. The summed E-state index contributed by atoms with van der Waals surface area (Å²) in [5.41, 5.74) is 3.56. The van der Waals surface area contributed by atoms with Gasteiger partial charge in [0.05, 0.1) is 22.6 Å². The van der Waals surface area contributed by atoms with Gasteiger partial charge in [0, 0.05) is 20.4 Å². The summed E-state index contributed by atoms with van der Waals surface area (Å²) in [6.45, 7) is 5.52. The molecule has 6 nitrogen and oxygen atoms in total. The number of benzene rings is 1. The number of nitrogens with one attached hydrogen (secondary N) is 1. The number of hydrazine groups is 1. The summed E-state index contributed by atoms with van der Waals surface area (Å²) in [6, 6.07) is 3.43. The van der Waals surface area contributed by atoms with Gasteiger partial charge in [-0.05, 0) is 29.7 Å². The molecular formula is C18H22Cl2N2O4. The topological polar surface area (TPSA) is 67.9 Å². The summed E-state index contributed by atoms with van der Waals surface area (Å²) in [7, 11) is 1.68. The molecule has 2 rings (SSSR count). The zero-order chi connectivity index (χ0) is 19.4. The molecule has 1 N–H and O–H groups in total. The van der Waals surface area contributed by atoms with Crippen molar-refractivity contribution in [2.75, 3.05) is 13.7 Å². The fraction of sp³-hybridized carbons (Fsp3) is 0.444. The minimum atomic E-state index is -0.337. The van der Waals surface area contributed by atoms with Crippen molar-refractivity contribution < 1.29 is 19.1 Å². The third-order valence-electron chi connectivity index (χ3n) is 3.91. The van der Waals surface area contributed by atoms with E-state index in [1.54, 1.807) is 25.3 Å². The maximum absolute atomic E-state index is 12.0. The third-order valence-corrected chi connectivity index (χ3v) is 4.47. The van der Waals surface area contributed by atoms with Crippen LogP contribution in [0.5, 0.6) is 5.75 Å². The Morgan fingerprint density at radius 1 is 1.31 bits per heavy atom. The quantitative estimate of drug-likeness (QED) is 0.739. The molecule has 0 spiro atoms. The van der Waals surface area contributed by atoms with Crippen LogP contribution in [0.2, 0.25) is 10.0 Å². The second-order valence-electron chi connectivity index (χ2n) is 6.39. The van der Waals surface area contributed by atoms with Crippen LogP contribution in [-0.4, -0.2) is 30.5 Å². The van der Waals surface area contributed by atoms with Crippen molar-refractivity contribution in [3.8, 4) is 5.75 Å². The monoisotopic (exact) mass is 400 g/mol. The minimum Gasteiger partial charge on any atom is -0.466 e. The average Bonchev–Trinajstić information content (AvgIpc) is 2.51. The zero-order valence-electron chi connectivity index (χ0n) is 15.1. The van der Waals surface area contributed by atoms with Crippen LogP contribution in [0.25, 0.3) is 0 Å². The first kappa shape index (κ1) is 20.4. The van der Waals surface area contributed by atoms with Crippen LogP contribution < -0.4 is 10.2 Å². The first-order valence-electron chi connectivity index (χ1n) is 8.24. The van der Waals surface area contributed by atoms with Crippen LogP contribution >= 0.6 is 23.2 Å². The van der Waals surface area contributed by atoms with E-state index < -0.39 is 0 Å². The van der Waals surface area contributed by atoms with Gasteiger partial charge in [-0.15, -0.1) is 0 Å². The number of hydrogen-bond donors (Lipinski definition) is 1. The molecule has 8 heteroatoms. The molecule has 1 unspecified atom stereocenters. The maximum Gasteiger partial charge on any atom is 0.302 e. The smallest absolute Gasteiger partial charge is 0.302 e. The Balaban J connectivity index is 2.19. The van der Waals surface area contributed by atoms with Crippen molar-refractivity contribution in [3.63, 3.8) is 0 Å². The van der Waals surface area contributed by atoms with E-state index >= 15 is 0 Å². The van der Waals surface area contributed by atoms with Crippen LogP contribution in [0.15, 0.2) is 24.1 Å². The molecule has 0 saturated carbocycles. The number of carbonyl (C=O) groups is 2. The number of rotatable bonds is 6. The molecule has 0 saturated heterocycles. The number of amides is 1. The normalized spacial score (nSPS) is 17.0. The van der Waals surface area contributed by atoms with Crippen molar-refractivity contribution in [1.82, 2.24) is 10.4 Å². The van der Waals surface area contributed by atoms with Gasteiger partial charge >= 0.3 is 5.97 Å². The van der Waals surface area contributed by atoms with E-state index in [0.29, 0.717) is 28.1 Å². The number of halogens is 2. The van der Waals surface area contributed by atoms with Crippen molar-refractivity contribution in [2.45, 2.75) is 27.2 Å². The molecule has 26 heavy (non-hydrogen) atoms. The van der Waals surface area contributed by atoms with E-state index in [2.05, 4.69) is 5.43 Å². The molecule has 0 bridgehead atoms. The minimum absolute atomic E-state index is 0.0899. The van der Waals surface area contributed by atoms with E-state index in [-0.39, 0.29) is 30.3 Å². The number of hydrogen-bond acceptors (Lipinski definition) is 5. The second-order valence-corrected chi connectivity index (χ2v) is 7.20. The molecule has 0 fully saturated rings. The fourth-order valence-corrected chi connectivity index (χ4v) is 3.11. The molecule has 1 heterocycles. The van der Waals surface area contributed by atoms with Crippen LogP contribution in [0.1, 0.15) is 26.3 Å².